The third-order valence-electron chi connectivity index (χ3n) is 4.37. The number of nitrogens with one attached hydrogen (secondary N) is 1. The van der Waals surface area contributed by atoms with Gasteiger partial charge in [-0.25, -0.2) is 0 Å². The number of hydrogen-bond donors (Lipinski definition) is 1. The second-order valence-electron chi connectivity index (χ2n) is 6.57. The number of hydrogen-bond acceptors (Lipinski definition) is 4. The van der Waals surface area contributed by atoms with E-state index in [0.29, 0.717) is 39.1 Å². The van der Waals surface area contributed by atoms with E-state index in [0.717, 1.165) is 11.3 Å². The molecule has 1 N–H and O–H groups in total. The van der Waals surface area contributed by atoms with Gasteiger partial charge in [0.2, 0.25) is 11.8 Å². The molecule has 1 heterocycles. The predicted octanol–water partition coefficient (Wildman–Crippen LogP) is 1.63. The molecule has 2 rings (SSSR count). The van der Waals surface area contributed by atoms with Crippen molar-refractivity contribution in [2.45, 2.75) is 32.7 Å². The summed E-state index contributed by atoms with van der Waals surface area (Å²) in [5.41, 5.74) is 1.07. The maximum absolute atomic E-state index is 12.7. The van der Waals surface area contributed by atoms with E-state index in [1.807, 2.05) is 38.1 Å². The van der Waals surface area contributed by atoms with Gasteiger partial charge in [0.15, 0.2) is 0 Å². The molecule has 0 saturated carbocycles. The zero-order chi connectivity index (χ0) is 18.2. The molecule has 2 amide bonds. The maximum atomic E-state index is 12.7. The van der Waals surface area contributed by atoms with Gasteiger partial charge >= 0.3 is 0 Å². The zero-order valence-corrected chi connectivity index (χ0v) is 15.3. The number of morpholine rings is 1. The molecule has 0 aromatic heterocycles. The molecule has 1 aliphatic heterocycles. The fourth-order valence-corrected chi connectivity index (χ4v) is 2.79. The molecule has 1 atom stereocenters. The molecule has 0 bridgehead atoms. The van der Waals surface area contributed by atoms with Crippen molar-refractivity contribution >= 4 is 11.8 Å². The van der Waals surface area contributed by atoms with Crippen molar-refractivity contribution in [1.82, 2.24) is 10.2 Å². The molecule has 138 valence electrons. The zero-order valence-electron chi connectivity index (χ0n) is 15.3. The number of ether oxygens (including phenoxy) is 2. The van der Waals surface area contributed by atoms with E-state index in [1.165, 1.54) is 0 Å². The monoisotopic (exact) mass is 348 g/mol. The summed E-state index contributed by atoms with van der Waals surface area (Å²) in [6, 6.07) is 7.18. The van der Waals surface area contributed by atoms with E-state index in [9.17, 15) is 9.59 Å². The number of rotatable bonds is 7. The fourth-order valence-electron chi connectivity index (χ4n) is 2.79. The van der Waals surface area contributed by atoms with Crippen LogP contribution in [-0.4, -0.2) is 56.2 Å². The third kappa shape index (κ3) is 5.74. The lowest BCUT2D eigenvalue weighted by atomic mass is 10.0. The van der Waals surface area contributed by atoms with Crippen LogP contribution < -0.4 is 10.1 Å². The van der Waals surface area contributed by atoms with Crippen LogP contribution in [0.1, 0.15) is 25.8 Å². The summed E-state index contributed by atoms with van der Waals surface area (Å²) in [5.74, 6) is 0.719. The highest BCUT2D eigenvalue weighted by molar-refractivity contribution is 5.88. The molecule has 1 fully saturated rings. The minimum Gasteiger partial charge on any atom is -0.497 e. The van der Waals surface area contributed by atoms with E-state index in [4.69, 9.17) is 9.47 Å². The first-order chi connectivity index (χ1) is 12.0. The fraction of sp³-hybridized carbons (Fsp3) is 0.579. The molecule has 0 radical (unpaired) electrons. The number of carbonyl (C=O) groups is 2. The summed E-state index contributed by atoms with van der Waals surface area (Å²) in [6.07, 6.45) is 0.984. The van der Waals surface area contributed by atoms with E-state index in [2.05, 4.69) is 5.32 Å². The van der Waals surface area contributed by atoms with Gasteiger partial charge in [-0.15, -0.1) is 0 Å². The van der Waals surface area contributed by atoms with Crippen LogP contribution in [0, 0.1) is 5.92 Å². The summed E-state index contributed by atoms with van der Waals surface area (Å²) >= 11 is 0. The van der Waals surface area contributed by atoms with Crippen LogP contribution in [0.25, 0.3) is 0 Å². The quantitative estimate of drug-likeness (QED) is 0.813. The molecule has 1 aromatic carbocycles. The number of aryl methyl sites for hydroxylation is 1. The Morgan fingerprint density at radius 1 is 1.20 bits per heavy atom. The van der Waals surface area contributed by atoms with Gasteiger partial charge in [-0.05, 0) is 30.0 Å². The normalized spacial score (nSPS) is 15.8. The Labute approximate surface area is 149 Å². The summed E-state index contributed by atoms with van der Waals surface area (Å²) in [4.78, 5) is 26.7. The summed E-state index contributed by atoms with van der Waals surface area (Å²) < 4.78 is 10.4. The molecule has 6 heteroatoms. The first kappa shape index (κ1) is 19.2. The highest BCUT2D eigenvalue weighted by Gasteiger charge is 2.29. The third-order valence-corrected chi connectivity index (χ3v) is 4.37. The number of carbonyl (C=O) groups excluding carboxylic acids is 2. The van der Waals surface area contributed by atoms with Crippen molar-refractivity contribution in [3.05, 3.63) is 29.8 Å². The van der Waals surface area contributed by atoms with E-state index in [-0.39, 0.29) is 17.7 Å². The Bertz CT molecular complexity index is 565. The van der Waals surface area contributed by atoms with Crippen LogP contribution in [0.4, 0.5) is 0 Å². The van der Waals surface area contributed by atoms with Crippen LogP contribution in [0.5, 0.6) is 5.75 Å². The lowest BCUT2D eigenvalue weighted by molar-refractivity contribution is -0.141. The van der Waals surface area contributed by atoms with Crippen LogP contribution in [0.15, 0.2) is 24.3 Å². The average Bonchev–Trinajstić information content (AvgIpc) is 2.64. The molecule has 0 spiro atoms. The molecule has 0 unspecified atom stereocenters. The van der Waals surface area contributed by atoms with Gasteiger partial charge < -0.3 is 19.7 Å². The summed E-state index contributed by atoms with van der Waals surface area (Å²) in [5, 5.41) is 2.91. The lowest BCUT2D eigenvalue weighted by Crippen LogP contribution is -2.53. The Kier molecular flexibility index (Phi) is 7.25. The highest BCUT2D eigenvalue weighted by atomic mass is 16.5. The van der Waals surface area contributed by atoms with E-state index < -0.39 is 6.04 Å². The van der Waals surface area contributed by atoms with Gasteiger partial charge in [-0.2, -0.15) is 0 Å². The maximum Gasteiger partial charge on any atom is 0.245 e. The highest BCUT2D eigenvalue weighted by Crippen LogP contribution is 2.13. The van der Waals surface area contributed by atoms with Crippen LogP contribution in [-0.2, 0) is 20.7 Å². The molecule has 1 aliphatic rings. The predicted molar refractivity (Wildman–Crippen MR) is 95.5 cm³/mol. The smallest absolute Gasteiger partial charge is 0.245 e. The van der Waals surface area contributed by atoms with Gasteiger partial charge in [0, 0.05) is 19.5 Å². The standard InChI is InChI=1S/C19H28N2O4/c1-14(2)18(19(23)21-10-12-25-13-11-21)20-17(22)9-6-15-4-7-16(24-3)8-5-15/h4-5,7-8,14,18H,6,9-13H2,1-3H3,(H,20,22)/t18-/m0/s1. The molecular formula is C19H28N2O4. The molecule has 1 saturated heterocycles. The van der Waals surface area contributed by atoms with Gasteiger partial charge in [0.25, 0.3) is 0 Å². The minimum atomic E-state index is -0.485. The minimum absolute atomic E-state index is 0.0175. The SMILES string of the molecule is COc1ccc(CCC(=O)N[C@H](C(=O)N2CCOCC2)C(C)C)cc1. The topological polar surface area (TPSA) is 67.9 Å². The first-order valence-corrected chi connectivity index (χ1v) is 8.80. The van der Waals surface area contributed by atoms with Crippen LogP contribution in [0.2, 0.25) is 0 Å². The average molecular weight is 348 g/mol. The number of nitrogens with zero attached hydrogens (tertiary/aromatic N) is 1. The number of methoxy groups -OCH3 is 1. The van der Waals surface area contributed by atoms with Crippen LogP contribution in [0.3, 0.4) is 0 Å². The first-order valence-electron chi connectivity index (χ1n) is 8.80. The molecule has 25 heavy (non-hydrogen) atoms. The number of benzene rings is 1. The Morgan fingerprint density at radius 3 is 2.40 bits per heavy atom. The lowest BCUT2D eigenvalue weighted by Gasteiger charge is -2.32. The van der Waals surface area contributed by atoms with Crippen molar-refractivity contribution in [3.8, 4) is 5.75 Å². The van der Waals surface area contributed by atoms with Crippen molar-refractivity contribution in [3.63, 3.8) is 0 Å². The summed E-state index contributed by atoms with van der Waals surface area (Å²) in [6.45, 7) is 6.19. The van der Waals surface area contributed by atoms with Gasteiger partial charge in [0.1, 0.15) is 11.8 Å². The van der Waals surface area contributed by atoms with Crippen LogP contribution >= 0.6 is 0 Å². The molecule has 1 aromatic rings. The summed E-state index contributed by atoms with van der Waals surface area (Å²) in [7, 11) is 1.62. The van der Waals surface area contributed by atoms with Crippen molar-refractivity contribution < 1.29 is 19.1 Å². The van der Waals surface area contributed by atoms with E-state index >= 15 is 0 Å². The number of amides is 2. The van der Waals surface area contributed by atoms with E-state index in [1.54, 1.807) is 12.0 Å². The molecule has 6 nitrogen and oxygen atoms in total. The molecule has 0 aliphatic carbocycles. The van der Waals surface area contributed by atoms with Gasteiger partial charge in [-0.3, -0.25) is 9.59 Å². The Hall–Kier alpha value is -2.08. The second kappa shape index (κ2) is 9.42. The van der Waals surface area contributed by atoms with Gasteiger partial charge in [-0.1, -0.05) is 26.0 Å². The Morgan fingerprint density at radius 2 is 1.84 bits per heavy atom. The van der Waals surface area contributed by atoms with Crippen molar-refractivity contribution in [2.24, 2.45) is 5.92 Å². The second-order valence-corrected chi connectivity index (χ2v) is 6.57. The van der Waals surface area contributed by atoms with Crippen molar-refractivity contribution in [1.29, 1.82) is 0 Å². The van der Waals surface area contributed by atoms with Crippen molar-refractivity contribution in [2.75, 3.05) is 33.4 Å². The molecular weight excluding hydrogens is 320 g/mol. The van der Waals surface area contributed by atoms with Gasteiger partial charge in [0.05, 0.1) is 20.3 Å². The Balaban J connectivity index is 1.87. The largest absolute Gasteiger partial charge is 0.497 e.